The second-order valence-electron chi connectivity index (χ2n) is 4.99. The van der Waals surface area contributed by atoms with E-state index in [4.69, 9.17) is 0 Å². The molecule has 0 bridgehead atoms. The van der Waals surface area contributed by atoms with Crippen LogP contribution in [0.2, 0.25) is 0 Å². The first-order chi connectivity index (χ1) is 11.2. The summed E-state index contributed by atoms with van der Waals surface area (Å²) in [5.74, 6) is -1.31. The fourth-order valence-corrected chi connectivity index (χ4v) is 1.98. The largest absolute Gasteiger partial charge is 0.467 e. The van der Waals surface area contributed by atoms with E-state index in [9.17, 15) is 22.8 Å². The molecule has 0 N–H and O–H groups in total. The van der Waals surface area contributed by atoms with Crippen molar-refractivity contribution >= 4 is 11.8 Å². The Hall–Kier alpha value is -2.32. The molecule has 0 aromatic carbocycles. The number of hydrogen-bond acceptors (Lipinski definition) is 4. The van der Waals surface area contributed by atoms with Gasteiger partial charge in [-0.1, -0.05) is 0 Å². The number of alkyl halides is 3. The molecule has 0 unspecified atom stereocenters. The lowest BCUT2D eigenvalue weighted by atomic mass is 10.2. The van der Waals surface area contributed by atoms with Gasteiger partial charge in [0.15, 0.2) is 6.61 Å². The number of rotatable bonds is 7. The lowest BCUT2D eigenvalue weighted by molar-refractivity contribution is -0.154. The van der Waals surface area contributed by atoms with E-state index in [1.54, 1.807) is 4.90 Å². The van der Waals surface area contributed by atoms with Crippen LogP contribution in [0, 0.1) is 0 Å². The summed E-state index contributed by atoms with van der Waals surface area (Å²) in [6.45, 7) is 2.90. The third-order valence-electron chi connectivity index (χ3n) is 3.21. The molecule has 1 aromatic heterocycles. The summed E-state index contributed by atoms with van der Waals surface area (Å²) in [7, 11) is 1.39. The third-order valence-corrected chi connectivity index (χ3v) is 3.21. The Morgan fingerprint density at radius 3 is 2.42 bits per heavy atom. The molecule has 0 atom stereocenters. The normalized spacial score (nSPS) is 11.1. The van der Waals surface area contributed by atoms with E-state index >= 15 is 0 Å². The van der Waals surface area contributed by atoms with E-state index in [2.05, 4.69) is 9.72 Å². The van der Waals surface area contributed by atoms with Crippen molar-refractivity contribution in [3.63, 3.8) is 0 Å². The molecular formula is C15H20F3N3O3. The summed E-state index contributed by atoms with van der Waals surface area (Å²) in [5.41, 5.74) is -0.128. The number of amides is 2. The van der Waals surface area contributed by atoms with Crippen molar-refractivity contribution in [2.45, 2.75) is 20.0 Å². The highest BCUT2D eigenvalue weighted by Crippen LogP contribution is 2.21. The van der Waals surface area contributed by atoms with E-state index in [0.29, 0.717) is 13.1 Å². The molecular weight excluding hydrogens is 327 g/mol. The van der Waals surface area contributed by atoms with Crippen molar-refractivity contribution in [1.29, 1.82) is 0 Å². The average Bonchev–Trinajstić information content (AvgIpc) is 2.53. The number of ether oxygens (including phenoxy) is 1. The van der Waals surface area contributed by atoms with Gasteiger partial charge >= 0.3 is 6.18 Å². The molecule has 0 saturated carbocycles. The zero-order valence-corrected chi connectivity index (χ0v) is 13.8. The van der Waals surface area contributed by atoms with Crippen LogP contribution >= 0.6 is 0 Å². The molecule has 0 aliphatic rings. The number of hydrogen-bond donors (Lipinski definition) is 0. The highest BCUT2D eigenvalue weighted by atomic mass is 19.4. The molecule has 0 radical (unpaired) electrons. The molecule has 24 heavy (non-hydrogen) atoms. The van der Waals surface area contributed by atoms with Crippen molar-refractivity contribution in [1.82, 2.24) is 14.8 Å². The van der Waals surface area contributed by atoms with Crippen molar-refractivity contribution in [2.75, 3.05) is 33.3 Å². The van der Waals surface area contributed by atoms with Crippen molar-refractivity contribution in [3.8, 4) is 5.88 Å². The van der Waals surface area contributed by atoms with Gasteiger partial charge in [-0.2, -0.15) is 13.2 Å². The lowest BCUT2D eigenvalue weighted by Gasteiger charge is -2.23. The van der Waals surface area contributed by atoms with E-state index in [1.807, 2.05) is 13.8 Å². The van der Waals surface area contributed by atoms with E-state index in [-0.39, 0.29) is 18.0 Å². The molecule has 9 heteroatoms. The van der Waals surface area contributed by atoms with Crippen LogP contribution in [-0.4, -0.2) is 66.1 Å². The Morgan fingerprint density at radius 1 is 1.25 bits per heavy atom. The predicted octanol–water partition coefficient (Wildman–Crippen LogP) is 1.96. The number of carbonyl (C=O) groups excluding carboxylic acids is 2. The van der Waals surface area contributed by atoms with Crippen LogP contribution in [0.1, 0.15) is 24.2 Å². The molecule has 2 amide bonds. The van der Waals surface area contributed by atoms with Crippen molar-refractivity contribution in [2.24, 2.45) is 0 Å². The minimum Gasteiger partial charge on any atom is -0.467 e. The molecule has 1 heterocycles. The van der Waals surface area contributed by atoms with Gasteiger partial charge in [0, 0.05) is 26.3 Å². The average molecular weight is 347 g/mol. The van der Waals surface area contributed by atoms with Crippen LogP contribution in [-0.2, 0) is 4.79 Å². The zero-order chi connectivity index (χ0) is 18.3. The van der Waals surface area contributed by atoms with Crippen molar-refractivity contribution in [3.05, 3.63) is 23.9 Å². The van der Waals surface area contributed by atoms with Gasteiger partial charge in [0.1, 0.15) is 5.56 Å². The van der Waals surface area contributed by atoms with Gasteiger partial charge < -0.3 is 14.5 Å². The first-order valence-corrected chi connectivity index (χ1v) is 7.37. The summed E-state index contributed by atoms with van der Waals surface area (Å²) in [5, 5.41) is 0. The van der Waals surface area contributed by atoms with Crippen LogP contribution in [0.25, 0.3) is 0 Å². The number of aromatic nitrogens is 1. The van der Waals surface area contributed by atoms with Gasteiger partial charge in [-0.15, -0.1) is 0 Å². The van der Waals surface area contributed by atoms with E-state index in [0.717, 1.165) is 4.90 Å². The highest BCUT2D eigenvalue weighted by Gasteiger charge is 2.30. The lowest BCUT2D eigenvalue weighted by Crippen LogP contribution is -2.41. The number of pyridine rings is 1. The van der Waals surface area contributed by atoms with Gasteiger partial charge in [-0.05, 0) is 26.0 Å². The first-order valence-electron chi connectivity index (χ1n) is 7.37. The number of halogens is 3. The molecule has 1 aromatic rings. The summed E-state index contributed by atoms with van der Waals surface area (Å²) < 4.78 is 41.4. The van der Waals surface area contributed by atoms with Crippen molar-refractivity contribution < 1.29 is 27.5 Å². The Kier molecular flexibility index (Phi) is 6.99. The van der Waals surface area contributed by atoms with Gasteiger partial charge in [0.2, 0.25) is 11.8 Å². The van der Waals surface area contributed by atoms with Gasteiger partial charge in [-0.3, -0.25) is 9.59 Å². The summed E-state index contributed by atoms with van der Waals surface area (Å²) in [4.78, 5) is 30.7. The van der Waals surface area contributed by atoms with Crippen LogP contribution in [0.3, 0.4) is 0 Å². The monoisotopic (exact) mass is 347 g/mol. The Balaban J connectivity index is 2.85. The number of likely N-dealkylation sites (N-methyl/N-ethyl adjacent to an activating group) is 2. The van der Waals surface area contributed by atoms with Crippen LogP contribution in [0.4, 0.5) is 13.2 Å². The molecule has 134 valence electrons. The molecule has 0 spiro atoms. The van der Waals surface area contributed by atoms with Crippen LogP contribution < -0.4 is 4.74 Å². The minimum absolute atomic E-state index is 0.128. The predicted molar refractivity (Wildman–Crippen MR) is 80.7 cm³/mol. The quantitative estimate of drug-likeness (QED) is 0.756. The molecule has 0 fully saturated rings. The molecule has 0 saturated heterocycles. The maximum Gasteiger partial charge on any atom is 0.422 e. The summed E-state index contributed by atoms with van der Waals surface area (Å²) >= 11 is 0. The van der Waals surface area contributed by atoms with E-state index < -0.39 is 24.6 Å². The van der Waals surface area contributed by atoms with Crippen LogP contribution in [0.15, 0.2) is 18.3 Å². The number of nitrogens with zero attached hydrogens (tertiary/aromatic N) is 3. The molecule has 0 aliphatic carbocycles. The Morgan fingerprint density at radius 2 is 1.88 bits per heavy atom. The topological polar surface area (TPSA) is 62.7 Å². The first kappa shape index (κ1) is 19.7. The Bertz CT molecular complexity index is 575. The minimum atomic E-state index is -4.54. The molecule has 1 rings (SSSR count). The smallest absolute Gasteiger partial charge is 0.422 e. The molecule has 6 nitrogen and oxygen atoms in total. The summed E-state index contributed by atoms with van der Waals surface area (Å²) in [6, 6.07) is 2.72. The van der Waals surface area contributed by atoms with Crippen LogP contribution in [0.5, 0.6) is 5.88 Å². The maximum atomic E-state index is 12.4. The second-order valence-corrected chi connectivity index (χ2v) is 4.99. The zero-order valence-electron chi connectivity index (χ0n) is 13.8. The van der Waals surface area contributed by atoms with E-state index in [1.165, 1.54) is 25.4 Å². The fourth-order valence-electron chi connectivity index (χ4n) is 1.98. The van der Waals surface area contributed by atoms with Gasteiger partial charge in [0.05, 0.1) is 6.54 Å². The fraction of sp³-hybridized carbons (Fsp3) is 0.533. The molecule has 0 aliphatic heterocycles. The second kappa shape index (κ2) is 8.51. The SMILES string of the molecule is CCN(CC)C(=O)CN(C)C(=O)c1cccnc1OCC(F)(F)F. The maximum absolute atomic E-state index is 12.4. The standard InChI is InChI=1S/C15H20F3N3O3/c1-4-21(5-2)12(22)9-20(3)14(23)11-7-6-8-19-13(11)24-10-15(16,17)18/h6-8H,4-5,9-10H2,1-3H3. The highest BCUT2D eigenvalue weighted by molar-refractivity contribution is 5.98. The van der Waals surface area contributed by atoms with Gasteiger partial charge in [-0.25, -0.2) is 4.98 Å². The Labute approximate surface area is 138 Å². The summed E-state index contributed by atoms with van der Waals surface area (Å²) in [6.07, 6.45) is -3.31. The van der Waals surface area contributed by atoms with Gasteiger partial charge in [0.25, 0.3) is 5.91 Å². The number of carbonyl (C=O) groups is 2. The third kappa shape index (κ3) is 5.71.